The molecule has 1 saturated heterocycles. The second-order valence-corrected chi connectivity index (χ2v) is 5.87. The molecule has 1 atom stereocenters. The molecule has 1 aliphatic carbocycles. The van der Waals surface area contributed by atoms with Gasteiger partial charge in [-0.25, -0.2) is 0 Å². The average Bonchev–Trinajstić information content (AvgIpc) is 2.36. The summed E-state index contributed by atoms with van der Waals surface area (Å²) in [5.41, 5.74) is 0. The summed E-state index contributed by atoms with van der Waals surface area (Å²) in [5.74, 6) is 1.51. The van der Waals surface area contributed by atoms with Crippen molar-refractivity contribution < 1.29 is 9.59 Å². The standard InChI is InChI=1S/C14H24N2O2/c1-3-12-14(18)16(9-13(17)15-12)8-11-6-4-10(2)5-7-11/h10-12H,3-9H2,1-2H3,(H,15,17). The highest BCUT2D eigenvalue weighted by molar-refractivity contribution is 5.94. The van der Waals surface area contributed by atoms with Crippen molar-refractivity contribution in [3.8, 4) is 0 Å². The molecule has 4 heteroatoms. The Kier molecular flexibility index (Phi) is 4.25. The lowest BCUT2D eigenvalue weighted by Crippen LogP contribution is -2.58. The van der Waals surface area contributed by atoms with Crippen LogP contribution in [0.15, 0.2) is 0 Å². The summed E-state index contributed by atoms with van der Waals surface area (Å²) in [4.78, 5) is 25.5. The fraction of sp³-hybridized carbons (Fsp3) is 0.857. The van der Waals surface area contributed by atoms with Crippen LogP contribution in [0.3, 0.4) is 0 Å². The predicted octanol–water partition coefficient (Wildman–Crippen LogP) is 1.55. The second kappa shape index (κ2) is 5.72. The van der Waals surface area contributed by atoms with E-state index in [0.717, 1.165) is 12.5 Å². The van der Waals surface area contributed by atoms with Gasteiger partial charge in [0.2, 0.25) is 11.8 Å². The highest BCUT2D eigenvalue weighted by Crippen LogP contribution is 2.29. The minimum absolute atomic E-state index is 0.00868. The fourth-order valence-corrected chi connectivity index (χ4v) is 3.03. The van der Waals surface area contributed by atoms with Crippen molar-refractivity contribution in [2.24, 2.45) is 11.8 Å². The van der Waals surface area contributed by atoms with Gasteiger partial charge in [-0.3, -0.25) is 9.59 Å². The van der Waals surface area contributed by atoms with Gasteiger partial charge < -0.3 is 10.2 Å². The lowest BCUT2D eigenvalue weighted by molar-refractivity contribution is -0.145. The molecule has 0 aromatic rings. The van der Waals surface area contributed by atoms with Crippen molar-refractivity contribution in [2.45, 2.75) is 52.0 Å². The Morgan fingerprint density at radius 2 is 1.89 bits per heavy atom. The molecular weight excluding hydrogens is 228 g/mol. The number of nitrogens with one attached hydrogen (secondary N) is 1. The largest absolute Gasteiger partial charge is 0.343 e. The highest BCUT2D eigenvalue weighted by atomic mass is 16.2. The van der Waals surface area contributed by atoms with Crippen LogP contribution in [0.2, 0.25) is 0 Å². The third kappa shape index (κ3) is 3.03. The van der Waals surface area contributed by atoms with E-state index < -0.39 is 0 Å². The number of carbonyl (C=O) groups is 2. The Hall–Kier alpha value is -1.06. The summed E-state index contributed by atoms with van der Waals surface area (Å²) in [6.45, 7) is 5.26. The van der Waals surface area contributed by atoms with Crippen LogP contribution in [0.25, 0.3) is 0 Å². The lowest BCUT2D eigenvalue weighted by Gasteiger charge is -2.36. The number of hydrogen-bond donors (Lipinski definition) is 1. The van der Waals surface area contributed by atoms with E-state index in [1.54, 1.807) is 4.90 Å². The monoisotopic (exact) mass is 252 g/mol. The van der Waals surface area contributed by atoms with Crippen molar-refractivity contribution in [2.75, 3.05) is 13.1 Å². The number of carbonyl (C=O) groups excluding carboxylic acids is 2. The van der Waals surface area contributed by atoms with E-state index in [-0.39, 0.29) is 24.4 Å². The van der Waals surface area contributed by atoms with Crippen molar-refractivity contribution >= 4 is 11.8 Å². The maximum atomic E-state index is 12.2. The molecule has 1 aliphatic heterocycles. The normalized spacial score (nSPS) is 33.4. The van der Waals surface area contributed by atoms with Gasteiger partial charge in [-0.1, -0.05) is 26.7 Å². The van der Waals surface area contributed by atoms with Gasteiger partial charge in [0.05, 0.1) is 6.54 Å². The fourth-order valence-electron chi connectivity index (χ4n) is 3.03. The molecule has 1 N–H and O–H groups in total. The van der Waals surface area contributed by atoms with Crippen LogP contribution in [-0.2, 0) is 9.59 Å². The molecule has 2 fully saturated rings. The molecule has 0 aromatic heterocycles. The van der Waals surface area contributed by atoms with Crippen LogP contribution in [0.5, 0.6) is 0 Å². The second-order valence-electron chi connectivity index (χ2n) is 5.87. The maximum absolute atomic E-state index is 12.2. The van der Waals surface area contributed by atoms with Crippen LogP contribution in [0, 0.1) is 11.8 Å². The van der Waals surface area contributed by atoms with Crippen molar-refractivity contribution in [1.29, 1.82) is 0 Å². The van der Waals surface area contributed by atoms with E-state index in [1.165, 1.54) is 25.7 Å². The summed E-state index contributed by atoms with van der Waals surface area (Å²) in [5, 5.41) is 2.76. The third-order valence-corrected chi connectivity index (χ3v) is 4.30. The van der Waals surface area contributed by atoms with Crippen LogP contribution in [0.4, 0.5) is 0 Å². The highest BCUT2D eigenvalue weighted by Gasteiger charge is 2.33. The molecule has 0 bridgehead atoms. The third-order valence-electron chi connectivity index (χ3n) is 4.30. The number of hydrogen-bond acceptors (Lipinski definition) is 2. The summed E-state index contributed by atoms with van der Waals surface area (Å²) in [6.07, 6.45) is 5.60. The van der Waals surface area contributed by atoms with E-state index in [0.29, 0.717) is 12.3 Å². The molecule has 102 valence electrons. The zero-order valence-corrected chi connectivity index (χ0v) is 11.4. The molecule has 2 amide bonds. The molecule has 2 aliphatic rings. The first-order valence-electron chi connectivity index (χ1n) is 7.18. The molecule has 0 spiro atoms. The van der Waals surface area contributed by atoms with Crippen molar-refractivity contribution in [3.63, 3.8) is 0 Å². The molecule has 0 aromatic carbocycles. The van der Waals surface area contributed by atoms with Gasteiger partial charge in [-0.15, -0.1) is 0 Å². The number of nitrogens with zero attached hydrogens (tertiary/aromatic N) is 1. The topological polar surface area (TPSA) is 49.4 Å². The Labute approximate surface area is 109 Å². The maximum Gasteiger partial charge on any atom is 0.245 e. The quantitative estimate of drug-likeness (QED) is 0.828. The minimum atomic E-state index is -0.297. The van der Waals surface area contributed by atoms with E-state index >= 15 is 0 Å². The Bertz CT molecular complexity index is 322. The molecule has 18 heavy (non-hydrogen) atoms. The molecule has 1 heterocycles. The van der Waals surface area contributed by atoms with Gasteiger partial charge in [-0.2, -0.15) is 0 Å². The Morgan fingerprint density at radius 1 is 1.22 bits per heavy atom. The zero-order valence-electron chi connectivity index (χ0n) is 11.4. The minimum Gasteiger partial charge on any atom is -0.343 e. The number of rotatable bonds is 3. The SMILES string of the molecule is CCC1NC(=O)CN(CC2CCC(C)CC2)C1=O. The van der Waals surface area contributed by atoms with Gasteiger partial charge in [-0.05, 0) is 31.1 Å². The molecule has 2 rings (SSSR count). The molecule has 4 nitrogen and oxygen atoms in total. The van der Waals surface area contributed by atoms with Gasteiger partial charge in [0.15, 0.2) is 0 Å². The predicted molar refractivity (Wildman–Crippen MR) is 69.9 cm³/mol. The van der Waals surface area contributed by atoms with Crippen LogP contribution in [-0.4, -0.2) is 35.8 Å². The molecule has 1 unspecified atom stereocenters. The summed E-state index contributed by atoms with van der Waals surface area (Å²) in [7, 11) is 0. The summed E-state index contributed by atoms with van der Waals surface area (Å²) < 4.78 is 0. The van der Waals surface area contributed by atoms with E-state index in [4.69, 9.17) is 0 Å². The first-order valence-corrected chi connectivity index (χ1v) is 7.18. The van der Waals surface area contributed by atoms with Crippen LogP contribution in [0.1, 0.15) is 46.0 Å². The first-order chi connectivity index (χ1) is 8.60. The van der Waals surface area contributed by atoms with Crippen molar-refractivity contribution in [3.05, 3.63) is 0 Å². The van der Waals surface area contributed by atoms with Gasteiger partial charge in [0.1, 0.15) is 6.04 Å². The van der Waals surface area contributed by atoms with Gasteiger partial charge >= 0.3 is 0 Å². The smallest absolute Gasteiger partial charge is 0.245 e. The Balaban J connectivity index is 1.91. The molecular formula is C14H24N2O2. The van der Waals surface area contributed by atoms with Gasteiger partial charge in [0.25, 0.3) is 0 Å². The van der Waals surface area contributed by atoms with E-state index in [2.05, 4.69) is 12.2 Å². The van der Waals surface area contributed by atoms with Crippen molar-refractivity contribution in [1.82, 2.24) is 10.2 Å². The van der Waals surface area contributed by atoms with Crippen LogP contribution >= 0.6 is 0 Å². The molecule has 1 saturated carbocycles. The summed E-state index contributed by atoms with van der Waals surface area (Å²) in [6, 6.07) is -0.297. The van der Waals surface area contributed by atoms with Gasteiger partial charge in [0, 0.05) is 6.54 Å². The van der Waals surface area contributed by atoms with Crippen LogP contribution < -0.4 is 5.32 Å². The average molecular weight is 252 g/mol. The number of amides is 2. The van der Waals surface area contributed by atoms with E-state index in [9.17, 15) is 9.59 Å². The summed E-state index contributed by atoms with van der Waals surface area (Å²) >= 11 is 0. The lowest BCUT2D eigenvalue weighted by atomic mass is 9.82. The number of piperazine rings is 1. The molecule has 0 radical (unpaired) electrons. The zero-order chi connectivity index (χ0) is 13.1. The van der Waals surface area contributed by atoms with E-state index in [1.807, 2.05) is 6.92 Å². The Morgan fingerprint density at radius 3 is 2.50 bits per heavy atom. The first kappa shape index (κ1) is 13.4.